The van der Waals surface area contributed by atoms with Crippen LogP contribution in [-0.4, -0.2) is 47.7 Å². The summed E-state index contributed by atoms with van der Waals surface area (Å²) in [5.41, 5.74) is 1.95. The number of carbonyl (C=O) groups excluding carboxylic acids is 1. The molecule has 1 amide bonds. The van der Waals surface area contributed by atoms with Crippen LogP contribution in [0.25, 0.3) is 0 Å². The lowest BCUT2D eigenvalue weighted by Gasteiger charge is -2.35. The van der Waals surface area contributed by atoms with Gasteiger partial charge in [0.05, 0.1) is 6.10 Å². The maximum Gasteiger partial charge on any atom is 0.254 e. The van der Waals surface area contributed by atoms with Crippen molar-refractivity contribution < 1.29 is 9.90 Å². The number of amides is 1. The SMILES string of the molecule is CCC1CCCCN1C(=O)c1ccc(N2CCC(O)CC2)cc1. The Hall–Kier alpha value is -1.55. The number of carbonyl (C=O) groups is 1. The van der Waals surface area contributed by atoms with Gasteiger partial charge in [-0.25, -0.2) is 0 Å². The fraction of sp³-hybridized carbons (Fsp3) is 0.632. The van der Waals surface area contributed by atoms with Gasteiger partial charge >= 0.3 is 0 Å². The molecule has 0 aromatic heterocycles. The summed E-state index contributed by atoms with van der Waals surface area (Å²) >= 11 is 0. The van der Waals surface area contributed by atoms with Gasteiger partial charge in [0.25, 0.3) is 5.91 Å². The van der Waals surface area contributed by atoms with Crippen LogP contribution in [0.4, 0.5) is 5.69 Å². The van der Waals surface area contributed by atoms with Crippen LogP contribution in [0.5, 0.6) is 0 Å². The summed E-state index contributed by atoms with van der Waals surface area (Å²) in [5, 5.41) is 9.61. The zero-order valence-corrected chi connectivity index (χ0v) is 14.1. The van der Waals surface area contributed by atoms with Crippen molar-refractivity contribution in [2.24, 2.45) is 0 Å². The molecule has 4 nitrogen and oxygen atoms in total. The van der Waals surface area contributed by atoms with Gasteiger partial charge in [-0.15, -0.1) is 0 Å². The van der Waals surface area contributed by atoms with Crippen molar-refractivity contribution in [3.8, 4) is 0 Å². The quantitative estimate of drug-likeness (QED) is 0.932. The first-order chi connectivity index (χ1) is 11.2. The standard InChI is InChI=1S/C19H28N2O2/c1-2-16-5-3-4-12-21(16)19(23)15-6-8-17(9-7-15)20-13-10-18(22)11-14-20/h6-9,16,18,22H,2-5,10-14H2,1H3. The van der Waals surface area contributed by atoms with Crippen LogP contribution in [0.3, 0.4) is 0 Å². The molecular weight excluding hydrogens is 288 g/mol. The third-order valence-corrected chi connectivity index (χ3v) is 5.30. The Balaban J connectivity index is 1.67. The smallest absolute Gasteiger partial charge is 0.254 e. The molecule has 0 aliphatic carbocycles. The molecule has 0 saturated carbocycles. The number of hydrogen-bond acceptors (Lipinski definition) is 3. The van der Waals surface area contributed by atoms with Crippen LogP contribution in [0.2, 0.25) is 0 Å². The number of hydrogen-bond donors (Lipinski definition) is 1. The maximum absolute atomic E-state index is 12.8. The summed E-state index contributed by atoms with van der Waals surface area (Å²) in [4.78, 5) is 17.1. The molecule has 1 aromatic rings. The normalized spacial score (nSPS) is 23.1. The number of benzene rings is 1. The summed E-state index contributed by atoms with van der Waals surface area (Å²) in [7, 11) is 0. The highest BCUT2D eigenvalue weighted by Gasteiger charge is 2.26. The molecule has 126 valence electrons. The minimum Gasteiger partial charge on any atom is -0.393 e. The molecule has 2 aliphatic heterocycles. The first-order valence-corrected chi connectivity index (χ1v) is 9.03. The average Bonchev–Trinajstić information content (AvgIpc) is 2.62. The first-order valence-electron chi connectivity index (χ1n) is 9.03. The monoisotopic (exact) mass is 316 g/mol. The number of piperidine rings is 2. The fourth-order valence-corrected chi connectivity index (χ4v) is 3.80. The average molecular weight is 316 g/mol. The molecule has 2 aliphatic rings. The molecule has 2 fully saturated rings. The second-order valence-corrected chi connectivity index (χ2v) is 6.82. The summed E-state index contributed by atoms with van der Waals surface area (Å²) < 4.78 is 0. The van der Waals surface area contributed by atoms with E-state index in [1.165, 1.54) is 6.42 Å². The maximum atomic E-state index is 12.8. The van der Waals surface area contributed by atoms with Gasteiger partial charge in [-0.2, -0.15) is 0 Å². The van der Waals surface area contributed by atoms with E-state index in [0.717, 1.165) is 63.0 Å². The Labute approximate surface area is 139 Å². The van der Waals surface area contributed by atoms with Gasteiger partial charge in [0.2, 0.25) is 0 Å². The second kappa shape index (κ2) is 7.35. The Morgan fingerprint density at radius 1 is 1.09 bits per heavy atom. The van der Waals surface area contributed by atoms with Gasteiger partial charge in [0.15, 0.2) is 0 Å². The van der Waals surface area contributed by atoms with E-state index in [0.29, 0.717) is 6.04 Å². The first kappa shape index (κ1) is 16.3. The lowest BCUT2D eigenvalue weighted by atomic mass is 9.98. The summed E-state index contributed by atoms with van der Waals surface area (Å²) in [5.74, 6) is 0.178. The van der Waals surface area contributed by atoms with E-state index in [-0.39, 0.29) is 12.0 Å². The highest BCUT2D eigenvalue weighted by Crippen LogP contribution is 2.24. The molecule has 3 rings (SSSR count). The largest absolute Gasteiger partial charge is 0.393 e. The molecule has 1 unspecified atom stereocenters. The van der Waals surface area contributed by atoms with Crippen LogP contribution < -0.4 is 4.90 Å². The minimum absolute atomic E-state index is 0.155. The Morgan fingerprint density at radius 3 is 2.43 bits per heavy atom. The van der Waals surface area contributed by atoms with Crippen LogP contribution >= 0.6 is 0 Å². The molecule has 2 heterocycles. The van der Waals surface area contributed by atoms with E-state index in [1.807, 2.05) is 12.1 Å². The van der Waals surface area contributed by atoms with Crippen LogP contribution in [0.15, 0.2) is 24.3 Å². The number of rotatable bonds is 3. The van der Waals surface area contributed by atoms with Crippen molar-refractivity contribution in [2.45, 2.75) is 57.6 Å². The van der Waals surface area contributed by atoms with Crippen molar-refractivity contribution in [3.05, 3.63) is 29.8 Å². The Morgan fingerprint density at radius 2 is 1.78 bits per heavy atom. The molecule has 0 spiro atoms. The highest BCUT2D eigenvalue weighted by molar-refractivity contribution is 5.94. The van der Waals surface area contributed by atoms with Gasteiger partial charge < -0.3 is 14.9 Å². The number of nitrogens with zero attached hydrogens (tertiary/aromatic N) is 2. The molecular formula is C19H28N2O2. The van der Waals surface area contributed by atoms with Gasteiger partial charge in [0, 0.05) is 36.9 Å². The molecule has 2 saturated heterocycles. The second-order valence-electron chi connectivity index (χ2n) is 6.82. The van der Waals surface area contributed by atoms with Gasteiger partial charge in [0.1, 0.15) is 0 Å². The number of aliphatic hydroxyl groups is 1. The molecule has 0 bridgehead atoms. The third-order valence-electron chi connectivity index (χ3n) is 5.30. The summed E-state index contributed by atoms with van der Waals surface area (Å²) in [6, 6.07) is 8.43. The van der Waals surface area contributed by atoms with Crippen molar-refractivity contribution in [1.29, 1.82) is 0 Å². The Bertz CT molecular complexity index is 521. The predicted molar refractivity (Wildman–Crippen MR) is 92.9 cm³/mol. The van der Waals surface area contributed by atoms with E-state index >= 15 is 0 Å². The zero-order valence-electron chi connectivity index (χ0n) is 14.1. The third kappa shape index (κ3) is 3.69. The van der Waals surface area contributed by atoms with Gasteiger partial charge in [-0.1, -0.05) is 6.92 Å². The van der Waals surface area contributed by atoms with Crippen LogP contribution in [-0.2, 0) is 0 Å². The van der Waals surface area contributed by atoms with E-state index in [4.69, 9.17) is 0 Å². The van der Waals surface area contributed by atoms with Crippen molar-refractivity contribution in [3.63, 3.8) is 0 Å². The number of anilines is 1. The van der Waals surface area contributed by atoms with Crippen molar-refractivity contribution >= 4 is 11.6 Å². The summed E-state index contributed by atoms with van der Waals surface area (Å²) in [6.45, 7) is 4.84. The van der Waals surface area contributed by atoms with Gasteiger partial charge in [-0.05, 0) is 62.8 Å². The molecule has 4 heteroatoms. The molecule has 1 atom stereocenters. The molecule has 1 N–H and O–H groups in total. The van der Waals surface area contributed by atoms with Crippen LogP contribution in [0, 0.1) is 0 Å². The Kier molecular flexibility index (Phi) is 5.21. The van der Waals surface area contributed by atoms with E-state index in [1.54, 1.807) is 0 Å². The zero-order chi connectivity index (χ0) is 16.2. The fourth-order valence-electron chi connectivity index (χ4n) is 3.80. The van der Waals surface area contributed by atoms with Gasteiger partial charge in [-0.3, -0.25) is 4.79 Å². The van der Waals surface area contributed by atoms with Crippen molar-refractivity contribution in [1.82, 2.24) is 4.90 Å². The van der Waals surface area contributed by atoms with E-state index in [9.17, 15) is 9.90 Å². The molecule has 1 aromatic carbocycles. The van der Waals surface area contributed by atoms with Crippen LogP contribution in [0.1, 0.15) is 55.8 Å². The number of aliphatic hydroxyl groups excluding tert-OH is 1. The van der Waals surface area contributed by atoms with E-state index < -0.39 is 0 Å². The summed E-state index contributed by atoms with van der Waals surface area (Å²) in [6.07, 6.45) is 6.03. The lowest BCUT2D eigenvalue weighted by molar-refractivity contribution is 0.0608. The lowest BCUT2D eigenvalue weighted by Crippen LogP contribution is -2.43. The molecule has 23 heavy (non-hydrogen) atoms. The highest BCUT2D eigenvalue weighted by atomic mass is 16.3. The van der Waals surface area contributed by atoms with E-state index in [2.05, 4.69) is 28.9 Å². The number of likely N-dealkylation sites (tertiary alicyclic amines) is 1. The molecule has 0 radical (unpaired) electrons. The minimum atomic E-state index is -0.155. The topological polar surface area (TPSA) is 43.8 Å². The van der Waals surface area contributed by atoms with Crippen molar-refractivity contribution in [2.75, 3.05) is 24.5 Å². The predicted octanol–water partition coefficient (Wildman–Crippen LogP) is 3.05.